The Morgan fingerprint density at radius 2 is 1.97 bits per heavy atom. The predicted molar refractivity (Wildman–Crippen MR) is 101 cm³/mol. The van der Waals surface area contributed by atoms with E-state index in [2.05, 4.69) is 15.2 Å². The summed E-state index contributed by atoms with van der Waals surface area (Å²) in [4.78, 5) is 16.6. The number of halogens is 1. The minimum absolute atomic E-state index is 0.0260. The lowest BCUT2D eigenvalue weighted by Crippen LogP contribution is -2.55. The molecule has 2 aliphatic rings. The van der Waals surface area contributed by atoms with Crippen LogP contribution in [0.25, 0.3) is 0 Å². The number of rotatable bonds is 6. The summed E-state index contributed by atoms with van der Waals surface area (Å²) < 4.78 is 29.1. The van der Waals surface area contributed by atoms with Gasteiger partial charge in [-0.15, -0.1) is 0 Å². The van der Waals surface area contributed by atoms with Crippen LogP contribution in [0.1, 0.15) is 24.2 Å². The van der Waals surface area contributed by atoms with Crippen molar-refractivity contribution < 1.29 is 23.3 Å². The summed E-state index contributed by atoms with van der Waals surface area (Å²) in [6.45, 7) is 5.29. The molecule has 4 rings (SSSR count). The number of carbonyl (C=O) groups is 1. The molecule has 0 aliphatic carbocycles. The molecular formula is C20H25FN4O4. The summed E-state index contributed by atoms with van der Waals surface area (Å²) in [7, 11) is 0. The lowest BCUT2D eigenvalue weighted by molar-refractivity contribution is -0.155. The van der Waals surface area contributed by atoms with Gasteiger partial charge in [0.05, 0.1) is 6.54 Å². The smallest absolute Gasteiger partial charge is 0.248 e. The number of likely N-dealkylation sites (tertiary alicyclic amines) is 1. The third-order valence-electron chi connectivity index (χ3n) is 5.53. The van der Waals surface area contributed by atoms with Gasteiger partial charge in [0.15, 0.2) is 0 Å². The summed E-state index contributed by atoms with van der Waals surface area (Å²) in [5, 5.41) is 7.77. The number of carbonyl (C=O) groups excluding carboxylic acids is 1. The predicted octanol–water partition coefficient (Wildman–Crippen LogP) is 1.79. The fourth-order valence-electron chi connectivity index (χ4n) is 3.81. The molecule has 1 amide bonds. The largest absolute Gasteiger partial charge is 0.491 e. The lowest BCUT2D eigenvalue weighted by Gasteiger charge is -2.42. The summed E-state index contributed by atoms with van der Waals surface area (Å²) in [5.41, 5.74) is 1.68. The molecule has 1 atom stereocenters. The normalized spacial score (nSPS) is 21.5. The second-order valence-electron chi connectivity index (χ2n) is 7.55. The van der Waals surface area contributed by atoms with Gasteiger partial charge in [-0.1, -0.05) is 10.3 Å². The molecule has 3 heterocycles. The molecule has 2 aromatic rings. The van der Waals surface area contributed by atoms with Crippen LogP contribution in [0.2, 0.25) is 0 Å². The van der Waals surface area contributed by atoms with Crippen LogP contribution in [0.5, 0.6) is 5.75 Å². The number of aromatic nitrogens is 2. The van der Waals surface area contributed by atoms with Crippen LogP contribution < -0.4 is 4.74 Å². The number of morpholine rings is 1. The Hall–Kier alpha value is -2.52. The molecule has 1 aromatic heterocycles. The number of amides is 1. The Labute approximate surface area is 168 Å². The van der Waals surface area contributed by atoms with Crippen LogP contribution in [-0.2, 0) is 16.1 Å². The van der Waals surface area contributed by atoms with Crippen molar-refractivity contribution in [3.63, 3.8) is 0 Å². The second-order valence-corrected chi connectivity index (χ2v) is 7.55. The summed E-state index contributed by atoms with van der Waals surface area (Å²) in [6.07, 6.45) is 1.61. The molecule has 2 aliphatic heterocycles. The van der Waals surface area contributed by atoms with E-state index in [0.717, 1.165) is 37.3 Å². The fourth-order valence-corrected chi connectivity index (χ4v) is 3.81. The molecule has 0 N–H and O–H groups in total. The molecular weight excluding hydrogens is 379 g/mol. The van der Waals surface area contributed by atoms with Gasteiger partial charge in [-0.25, -0.2) is 9.02 Å². The molecule has 8 nitrogen and oxygen atoms in total. The van der Waals surface area contributed by atoms with Gasteiger partial charge in [-0.2, -0.15) is 0 Å². The monoisotopic (exact) mass is 404 g/mol. The number of piperidine rings is 1. The Balaban J connectivity index is 1.27. The zero-order valence-corrected chi connectivity index (χ0v) is 16.4. The number of benzene rings is 1. The van der Waals surface area contributed by atoms with Gasteiger partial charge in [0.25, 0.3) is 0 Å². The van der Waals surface area contributed by atoms with Gasteiger partial charge >= 0.3 is 0 Å². The molecule has 2 fully saturated rings. The Bertz CT molecular complexity index is 820. The second kappa shape index (κ2) is 8.87. The van der Waals surface area contributed by atoms with Crippen molar-refractivity contribution in [2.45, 2.75) is 38.5 Å². The van der Waals surface area contributed by atoms with Gasteiger partial charge in [0.2, 0.25) is 5.91 Å². The fraction of sp³-hybridized carbons (Fsp3) is 0.550. The molecule has 0 unspecified atom stereocenters. The van der Waals surface area contributed by atoms with E-state index in [4.69, 9.17) is 14.1 Å². The van der Waals surface area contributed by atoms with E-state index in [1.54, 1.807) is 12.1 Å². The van der Waals surface area contributed by atoms with Crippen molar-refractivity contribution in [2.75, 3.05) is 32.8 Å². The van der Waals surface area contributed by atoms with Crippen molar-refractivity contribution in [1.29, 1.82) is 0 Å². The van der Waals surface area contributed by atoms with E-state index in [1.165, 1.54) is 12.1 Å². The van der Waals surface area contributed by atoms with Gasteiger partial charge in [0.1, 0.15) is 42.3 Å². The standard InChI is InChI=1S/C20H25FN4O4/c1-14-19(23-29-22-14)11-24-8-6-16(7-9-24)25-10-18(28-13-20(25)26)12-27-17-4-2-15(21)3-5-17/h2-5,16,18H,6-13H2,1H3/t18-/m1/s1. The van der Waals surface area contributed by atoms with Crippen LogP contribution in [0, 0.1) is 12.7 Å². The first-order valence-corrected chi connectivity index (χ1v) is 9.88. The minimum Gasteiger partial charge on any atom is -0.491 e. The third-order valence-corrected chi connectivity index (χ3v) is 5.53. The van der Waals surface area contributed by atoms with Crippen LogP contribution in [0.4, 0.5) is 4.39 Å². The maximum absolute atomic E-state index is 13.0. The van der Waals surface area contributed by atoms with Crippen molar-refractivity contribution in [3.8, 4) is 5.75 Å². The highest BCUT2D eigenvalue weighted by atomic mass is 19.1. The van der Waals surface area contributed by atoms with Gasteiger partial charge in [-0.3, -0.25) is 9.69 Å². The average molecular weight is 404 g/mol. The van der Waals surface area contributed by atoms with Crippen LogP contribution >= 0.6 is 0 Å². The quantitative estimate of drug-likeness (QED) is 0.726. The summed E-state index contributed by atoms with van der Waals surface area (Å²) in [6, 6.07) is 6.09. The highest BCUT2D eigenvalue weighted by Gasteiger charge is 2.34. The van der Waals surface area contributed by atoms with Crippen molar-refractivity contribution in [2.24, 2.45) is 0 Å². The van der Waals surface area contributed by atoms with Crippen LogP contribution in [0.15, 0.2) is 28.9 Å². The Morgan fingerprint density at radius 1 is 1.21 bits per heavy atom. The van der Waals surface area contributed by atoms with Crippen LogP contribution in [0.3, 0.4) is 0 Å². The summed E-state index contributed by atoms with van der Waals surface area (Å²) in [5.74, 6) is 0.312. The first kappa shape index (κ1) is 19.8. The number of nitrogens with zero attached hydrogens (tertiary/aromatic N) is 4. The third kappa shape index (κ3) is 4.91. The van der Waals surface area contributed by atoms with E-state index >= 15 is 0 Å². The first-order chi connectivity index (χ1) is 14.1. The minimum atomic E-state index is -0.302. The molecule has 0 saturated carbocycles. The Morgan fingerprint density at radius 3 is 2.66 bits per heavy atom. The Kier molecular flexibility index (Phi) is 6.05. The summed E-state index contributed by atoms with van der Waals surface area (Å²) >= 11 is 0. The van der Waals surface area contributed by atoms with Gasteiger partial charge in [-0.05, 0) is 44.0 Å². The molecule has 2 saturated heterocycles. The number of hydrogen-bond acceptors (Lipinski definition) is 7. The molecule has 0 spiro atoms. The van der Waals surface area contributed by atoms with E-state index in [0.29, 0.717) is 25.4 Å². The van der Waals surface area contributed by atoms with Crippen molar-refractivity contribution in [3.05, 3.63) is 41.5 Å². The van der Waals surface area contributed by atoms with E-state index < -0.39 is 0 Å². The number of aryl methyl sites for hydroxylation is 1. The van der Waals surface area contributed by atoms with Gasteiger partial charge < -0.3 is 14.4 Å². The zero-order chi connectivity index (χ0) is 20.2. The highest BCUT2D eigenvalue weighted by Crippen LogP contribution is 2.22. The molecule has 0 bridgehead atoms. The highest BCUT2D eigenvalue weighted by molar-refractivity contribution is 5.78. The van der Waals surface area contributed by atoms with E-state index in [9.17, 15) is 9.18 Å². The van der Waals surface area contributed by atoms with E-state index in [-0.39, 0.29) is 30.5 Å². The van der Waals surface area contributed by atoms with Crippen molar-refractivity contribution in [1.82, 2.24) is 20.1 Å². The average Bonchev–Trinajstić information content (AvgIpc) is 3.14. The zero-order valence-electron chi connectivity index (χ0n) is 16.4. The number of ether oxygens (including phenoxy) is 2. The maximum atomic E-state index is 13.0. The topological polar surface area (TPSA) is 80.9 Å². The van der Waals surface area contributed by atoms with Gasteiger partial charge in [0, 0.05) is 25.7 Å². The number of hydrogen-bond donors (Lipinski definition) is 0. The van der Waals surface area contributed by atoms with Crippen molar-refractivity contribution >= 4 is 5.91 Å². The van der Waals surface area contributed by atoms with Crippen LogP contribution in [-0.4, -0.2) is 71.0 Å². The molecule has 29 heavy (non-hydrogen) atoms. The molecule has 9 heteroatoms. The molecule has 0 radical (unpaired) electrons. The lowest BCUT2D eigenvalue weighted by atomic mass is 10.0. The molecule has 1 aromatic carbocycles. The first-order valence-electron chi connectivity index (χ1n) is 9.88. The maximum Gasteiger partial charge on any atom is 0.248 e. The molecule has 156 valence electrons. The SMILES string of the molecule is Cc1nonc1CN1CCC(N2C[C@H](COc3ccc(F)cc3)OCC2=O)CC1. The van der Waals surface area contributed by atoms with E-state index in [1.807, 2.05) is 11.8 Å².